The third kappa shape index (κ3) is 4.13. The molecule has 0 aliphatic heterocycles. The van der Waals surface area contributed by atoms with E-state index in [2.05, 4.69) is 52.4 Å². The lowest BCUT2D eigenvalue weighted by molar-refractivity contribution is 0.306. The highest BCUT2D eigenvalue weighted by atomic mass is 79.9. The monoisotopic (exact) mass is 327 g/mol. The van der Waals surface area contributed by atoms with Crippen molar-refractivity contribution in [2.45, 2.75) is 34.1 Å². The molecule has 0 amide bonds. The summed E-state index contributed by atoms with van der Waals surface area (Å²) in [5, 5.41) is 15.3. The van der Waals surface area contributed by atoms with E-state index in [9.17, 15) is 0 Å². The van der Waals surface area contributed by atoms with Crippen molar-refractivity contribution in [1.82, 2.24) is 0 Å². The van der Waals surface area contributed by atoms with Crippen molar-refractivity contribution in [1.29, 1.82) is 0 Å². The minimum absolute atomic E-state index is 0.263. The van der Waals surface area contributed by atoms with E-state index < -0.39 is 0 Å². The van der Waals surface area contributed by atoms with Crippen LogP contribution in [0.5, 0.6) is 0 Å². The zero-order valence-corrected chi connectivity index (χ0v) is 13.5. The van der Waals surface area contributed by atoms with Crippen molar-refractivity contribution in [3.63, 3.8) is 0 Å². The van der Waals surface area contributed by atoms with Gasteiger partial charge in [0, 0.05) is 22.1 Å². The predicted molar refractivity (Wildman–Crippen MR) is 83.9 cm³/mol. The van der Waals surface area contributed by atoms with Gasteiger partial charge in [0.05, 0.1) is 0 Å². The van der Waals surface area contributed by atoms with Gasteiger partial charge in [-0.1, -0.05) is 34.9 Å². The van der Waals surface area contributed by atoms with Crippen LogP contribution in [0.25, 0.3) is 0 Å². The summed E-state index contributed by atoms with van der Waals surface area (Å²) in [6.07, 6.45) is 0.790. The molecule has 0 saturated heterocycles. The molecule has 0 atom stereocenters. The number of benzene rings is 1. The number of halogens is 1. The second-order valence-electron chi connectivity index (χ2n) is 5.46. The largest absolute Gasteiger partial charge is 0.409 e. The van der Waals surface area contributed by atoms with Crippen molar-refractivity contribution >= 4 is 27.5 Å². The lowest BCUT2D eigenvalue weighted by Crippen LogP contribution is -2.33. The van der Waals surface area contributed by atoms with Crippen LogP contribution in [0.2, 0.25) is 0 Å². The molecule has 4 N–H and O–H groups in total. The molecule has 0 unspecified atom stereocenters. The molecule has 0 heterocycles. The average molecular weight is 328 g/mol. The van der Waals surface area contributed by atoms with Gasteiger partial charge in [-0.3, -0.25) is 0 Å². The van der Waals surface area contributed by atoms with Crippen LogP contribution in [0.3, 0.4) is 0 Å². The third-order valence-electron chi connectivity index (χ3n) is 3.35. The Bertz CT molecular complexity index is 461. The van der Waals surface area contributed by atoms with E-state index >= 15 is 0 Å². The first-order valence-corrected chi connectivity index (χ1v) is 7.06. The fourth-order valence-electron chi connectivity index (χ4n) is 1.95. The number of amidine groups is 1. The normalized spacial score (nSPS) is 12.6. The van der Waals surface area contributed by atoms with Gasteiger partial charge in [0.25, 0.3) is 0 Å². The van der Waals surface area contributed by atoms with E-state index in [0.29, 0.717) is 0 Å². The van der Waals surface area contributed by atoms with Crippen LogP contribution in [0.1, 0.15) is 31.4 Å². The van der Waals surface area contributed by atoms with Crippen LogP contribution >= 0.6 is 15.9 Å². The highest BCUT2D eigenvalue weighted by Gasteiger charge is 2.23. The summed E-state index contributed by atoms with van der Waals surface area (Å²) >= 11 is 3.49. The second-order valence-corrected chi connectivity index (χ2v) is 6.38. The molecule has 0 saturated carbocycles. The number of anilines is 1. The van der Waals surface area contributed by atoms with E-state index in [0.717, 1.165) is 23.1 Å². The topological polar surface area (TPSA) is 70.6 Å². The Morgan fingerprint density at radius 3 is 2.37 bits per heavy atom. The summed E-state index contributed by atoms with van der Waals surface area (Å²) < 4.78 is 1.09. The molecule has 0 spiro atoms. The zero-order chi connectivity index (χ0) is 14.6. The van der Waals surface area contributed by atoms with Gasteiger partial charge < -0.3 is 16.3 Å². The van der Waals surface area contributed by atoms with Gasteiger partial charge >= 0.3 is 0 Å². The Balaban J connectivity index is 2.69. The first kappa shape index (κ1) is 15.8. The molecule has 1 aromatic carbocycles. The Morgan fingerprint density at radius 1 is 1.37 bits per heavy atom. The van der Waals surface area contributed by atoms with Crippen molar-refractivity contribution in [3.8, 4) is 0 Å². The van der Waals surface area contributed by atoms with Crippen LogP contribution in [-0.4, -0.2) is 17.6 Å². The third-order valence-corrected chi connectivity index (χ3v) is 3.81. The standard InChI is InChI=1S/C14H22BrN3O/c1-9-7-11(15)8-10(2)12(9)17-6-5-14(3,4)13(16)18-19/h7-8,17,19H,5-6H2,1-4H3,(H2,16,18). The Labute approximate surface area is 123 Å². The maximum atomic E-state index is 8.74. The number of nitrogens with two attached hydrogens (primary N) is 1. The number of aryl methyl sites for hydroxylation is 2. The molecule has 0 radical (unpaired) electrons. The smallest absolute Gasteiger partial charge is 0.144 e. The highest BCUT2D eigenvalue weighted by Crippen LogP contribution is 2.26. The summed E-state index contributed by atoms with van der Waals surface area (Å²) in [6.45, 7) is 8.85. The van der Waals surface area contributed by atoms with Crippen LogP contribution in [0, 0.1) is 19.3 Å². The number of rotatable bonds is 5. The molecule has 0 fully saturated rings. The Kier molecular flexibility index (Phi) is 5.23. The number of oxime groups is 1. The van der Waals surface area contributed by atoms with Gasteiger partial charge in [-0.25, -0.2) is 0 Å². The van der Waals surface area contributed by atoms with Gasteiger partial charge in [0.1, 0.15) is 5.84 Å². The molecule has 0 aliphatic rings. The van der Waals surface area contributed by atoms with Crippen LogP contribution in [-0.2, 0) is 0 Å². The second kappa shape index (κ2) is 6.28. The van der Waals surface area contributed by atoms with Gasteiger partial charge in [-0.2, -0.15) is 0 Å². The molecule has 0 bridgehead atoms. The van der Waals surface area contributed by atoms with Crippen LogP contribution < -0.4 is 11.1 Å². The van der Waals surface area contributed by atoms with Crippen molar-refractivity contribution < 1.29 is 5.21 Å². The summed E-state index contributed by atoms with van der Waals surface area (Å²) in [5.74, 6) is 0.263. The molecule has 0 aliphatic carbocycles. The van der Waals surface area contributed by atoms with Crippen molar-refractivity contribution in [3.05, 3.63) is 27.7 Å². The quantitative estimate of drug-likeness (QED) is 0.334. The number of nitrogens with one attached hydrogen (secondary N) is 1. The molecule has 5 heteroatoms. The molecular formula is C14H22BrN3O. The van der Waals surface area contributed by atoms with Crippen molar-refractivity contribution in [2.24, 2.45) is 16.3 Å². The summed E-state index contributed by atoms with van der Waals surface area (Å²) in [6, 6.07) is 4.17. The minimum Gasteiger partial charge on any atom is -0.409 e. The van der Waals surface area contributed by atoms with Crippen LogP contribution in [0.15, 0.2) is 21.8 Å². The molecule has 1 aromatic rings. The summed E-state index contributed by atoms with van der Waals surface area (Å²) in [4.78, 5) is 0. The lowest BCUT2D eigenvalue weighted by atomic mass is 9.88. The highest BCUT2D eigenvalue weighted by molar-refractivity contribution is 9.10. The molecular weight excluding hydrogens is 306 g/mol. The SMILES string of the molecule is Cc1cc(Br)cc(C)c1NCCC(C)(C)C(N)=NO. The predicted octanol–water partition coefficient (Wildman–Crippen LogP) is 3.64. The average Bonchev–Trinajstić information content (AvgIpc) is 2.31. The van der Waals surface area contributed by atoms with Gasteiger partial charge in [-0.05, 0) is 43.5 Å². The van der Waals surface area contributed by atoms with Crippen LogP contribution in [0.4, 0.5) is 5.69 Å². The van der Waals surface area contributed by atoms with E-state index in [1.165, 1.54) is 11.1 Å². The number of hydrogen-bond acceptors (Lipinski definition) is 3. The molecule has 106 valence electrons. The van der Waals surface area contributed by atoms with Gasteiger partial charge in [0.2, 0.25) is 0 Å². The maximum absolute atomic E-state index is 8.74. The van der Waals surface area contributed by atoms with E-state index in [-0.39, 0.29) is 11.3 Å². The van der Waals surface area contributed by atoms with E-state index in [4.69, 9.17) is 10.9 Å². The minimum atomic E-state index is -0.321. The zero-order valence-electron chi connectivity index (χ0n) is 11.9. The van der Waals surface area contributed by atoms with E-state index in [1.807, 2.05) is 13.8 Å². The fourth-order valence-corrected chi connectivity index (χ4v) is 2.64. The molecule has 1 rings (SSSR count). The Morgan fingerprint density at radius 2 is 1.89 bits per heavy atom. The maximum Gasteiger partial charge on any atom is 0.144 e. The first-order valence-electron chi connectivity index (χ1n) is 6.26. The summed E-state index contributed by atoms with van der Waals surface area (Å²) in [7, 11) is 0. The first-order chi connectivity index (χ1) is 8.77. The molecule has 4 nitrogen and oxygen atoms in total. The lowest BCUT2D eigenvalue weighted by Gasteiger charge is -2.23. The molecule has 19 heavy (non-hydrogen) atoms. The van der Waals surface area contributed by atoms with Crippen molar-refractivity contribution in [2.75, 3.05) is 11.9 Å². The molecule has 0 aromatic heterocycles. The Hall–Kier alpha value is -1.23. The number of nitrogens with zero attached hydrogens (tertiary/aromatic N) is 1. The van der Waals surface area contributed by atoms with Gasteiger partial charge in [-0.15, -0.1) is 0 Å². The fraction of sp³-hybridized carbons (Fsp3) is 0.500. The van der Waals surface area contributed by atoms with Gasteiger partial charge in [0.15, 0.2) is 0 Å². The van der Waals surface area contributed by atoms with E-state index in [1.54, 1.807) is 0 Å². The summed E-state index contributed by atoms with van der Waals surface area (Å²) in [5.41, 5.74) is 8.91. The number of hydrogen-bond donors (Lipinski definition) is 3.